The third-order valence-electron chi connectivity index (χ3n) is 3.75. The third-order valence-corrected chi connectivity index (χ3v) is 4.05. The maximum absolute atomic E-state index is 9.63. The van der Waals surface area contributed by atoms with Crippen molar-refractivity contribution in [1.82, 2.24) is 0 Å². The first-order chi connectivity index (χ1) is 8.49. The summed E-state index contributed by atoms with van der Waals surface area (Å²) in [6.07, 6.45) is 0.764. The van der Waals surface area contributed by atoms with Crippen LogP contribution in [0.5, 0.6) is 0 Å². The lowest BCUT2D eigenvalue weighted by Gasteiger charge is -2.21. The first-order valence-corrected chi connectivity index (χ1v) is 6.85. The zero-order valence-electron chi connectivity index (χ0n) is 10.9. The Morgan fingerprint density at radius 3 is 2.67 bits per heavy atom. The highest BCUT2D eigenvalue weighted by Gasteiger charge is 2.27. The van der Waals surface area contributed by atoms with Crippen molar-refractivity contribution in [1.29, 1.82) is 0 Å². The number of nitrogens with two attached hydrogens (primary N) is 1. The van der Waals surface area contributed by atoms with Crippen molar-refractivity contribution in [2.45, 2.75) is 32.4 Å². The molecule has 1 saturated heterocycles. The Hall–Kier alpha value is -0.770. The molecule has 3 atom stereocenters. The van der Waals surface area contributed by atoms with Crippen LogP contribution in [0.3, 0.4) is 0 Å². The summed E-state index contributed by atoms with van der Waals surface area (Å²) in [7, 11) is 0. The Morgan fingerprint density at radius 2 is 2.17 bits per heavy atom. The lowest BCUT2D eigenvalue weighted by atomic mass is 10.0. The molecular weight excluding hydrogens is 248 g/mol. The van der Waals surface area contributed by atoms with Crippen LogP contribution in [0.2, 0.25) is 5.02 Å². The van der Waals surface area contributed by atoms with Crippen LogP contribution < -0.4 is 10.6 Å². The van der Waals surface area contributed by atoms with E-state index in [4.69, 9.17) is 17.3 Å². The summed E-state index contributed by atoms with van der Waals surface area (Å²) in [5.41, 5.74) is 7.94. The Morgan fingerprint density at radius 1 is 1.44 bits per heavy atom. The van der Waals surface area contributed by atoms with Gasteiger partial charge in [0.25, 0.3) is 0 Å². The Balaban J connectivity index is 2.15. The van der Waals surface area contributed by atoms with E-state index in [9.17, 15) is 5.11 Å². The molecule has 3 unspecified atom stereocenters. The summed E-state index contributed by atoms with van der Waals surface area (Å²) in [5, 5.41) is 10.4. The van der Waals surface area contributed by atoms with E-state index in [1.54, 1.807) is 0 Å². The van der Waals surface area contributed by atoms with Crippen molar-refractivity contribution >= 4 is 17.3 Å². The number of nitrogens with zero attached hydrogens (tertiary/aromatic N) is 1. The third kappa shape index (κ3) is 2.79. The molecule has 3 nitrogen and oxygen atoms in total. The molecule has 2 rings (SSSR count). The first-order valence-electron chi connectivity index (χ1n) is 6.47. The summed E-state index contributed by atoms with van der Waals surface area (Å²) in [5.74, 6) is 0.342. The number of aliphatic hydroxyl groups excluding tert-OH is 1. The van der Waals surface area contributed by atoms with Crippen LogP contribution in [0.25, 0.3) is 0 Å². The van der Waals surface area contributed by atoms with E-state index in [0.29, 0.717) is 5.92 Å². The van der Waals surface area contributed by atoms with Gasteiger partial charge in [-0.1, -0.05) is 17.7 Å². The number of halogens is 1. The average Bonchev–Trinajstić information content (AvgIpc) is 2.78. The van der Waals surface area contributed by atoms with Crippen LogP contribution in [0.4, 0.5) is 5.69 Å². The van der Waals surface area contributed by atoms with E-state index in [1.807, 2.05) is 32.0 Å². The molecule has 1 aromatic rings. The molecule has 1 fully saturated rings. The number of rotatable bonds is 3. The highest BCUT2D eigenvalue weighted by atomic mass is 35.5. The molecule has 3 N–H and O–H groups in total. The fraction of sp³-hybridized carbons (Fsp3) is 0.571. The van der Waals surface area contributed by atoms with Crippen molar-refractivity contribution < 1.29 is 5.11 Å². The highest BCUT2D eigenvalue weighted by Crippen LogP contribution is 2.33. The number of anilines is 1. The molecule has 0 aliphatic carbocycles. The molecule has 0 saturated carbocycles. The van der Waals surface area contributed by atoms with Crippen molar-refractivity contribution in [2.24, 2.45) is 11.7 Å². The minimum Gasteiger partial charge on any atom is -0.393 e. The summed E-state index contributed by atoms with van der Waals surface area (Å²) in [6, 6.07) is 6.00. The van der Waals surface area contributed by atoms with Gasteiger partial charge in [-0.25, -0.2) is 0 Å². The van der Waals surface area contributed by atoms with Gasteiger partial charge >= 0.3 is 0 Å². The molecule has 18 heavy (non-hydrogen) atoms. The fourth-order valence-corrected chi connectivity index (χ4v) is 2.77. The van der Waals surface area contributed by atoms with Gasteiger partial charge in [-0.05, 0) is 38.0 Å². The van der Waals surface area contributed by atoms with Gasteiger partial charge in [0, 0.05) is 25.0 Å². The normalized spacial score (nSPS) is 23.2. The molecule has 4 heteroatoms. The average molecular weight is 269 g/mol. The Kier molecular flexibility index (Phi) is 4.15. The molecule has 0 bridgehead atoms. The van der Waals surface area contributed by atoms with E-state index >= 15 is 0 Å². The smallest absolute Gasteiger partial charge is 0.0642 e. The van der Waals surface area contributed by atoms with Crippen LogP contribution in [0.15, 0.2) is 18.2 Å². The second kappa shape index (κ2) is 5.47. The largest absolute Gasteiger partial charge is 0.393 e. The van der Waals surface area contributed by atoms with Gasteiger partial charge in [0.2, 0.25) is 0 Å². The van der Waals surface area contributed by atoms with E-state index < -0.39 is 0 Å². The maximum atomic E-state index is 9.63. The van der Waals surface area contributed by atoms with E-state index in [1.165, 1.54) is 0 Å². The summed E-state index contributed by atoms with van der Waals surface area (Å²) >= 11 is 6.32. The lowest BCUT2D eigenvalue weighted by Crippen LogP contribution is -2.24. The van der Waals surface area contributed by atoms with Gasteiger partial charge in [0.15, 0.2) is 0 Å². The van der Waals surface area contributed by atoms with Crippen LogP contribution >= 0.6 is 11.6 Å². The second-order valence-corrected chi connectivity index (χ2v) is 5.64. The van der Waals surface area contributed by atoms with Crippen molar-refractivity contribution in [3.05, 3.63) is 28.8 Å². The monoisotopic (exact) mass is 268 g/mol. The number of benzene rings is 1. The predicted octanol–water partition coefficient (Wildman–Crippen LogP) is 2.57. The van der Waals surface area contributed by atoms with Gasteiger partial charge in [-0.15, -0.1) is 0 Å². The Labute approximate surface area is 114 Å². The molecule has 100 valence electrons. The highest BCUT2D eigenvalue weighted by molar-refractivity contribution is 6.33. The quantitative estimate of drug-likeness (QED) is 0.886. The molecule has 0 spiro atoms. The summed E-state index contributed by atoms with van der Waals surface area (Å²) in [6.45, 7) is 5.63. The molecule has 0 radical (unpaired) electrons. The summed E-state index contributed by atoms with van der Waals surface area (Å²) in [4.78, 5) is 2.24. The zero-order chi connectivity index (χ0) is 13.3. The molecule has 0 amide bonds. The number of hydrogen-bond acceptors (Lipinski definition) is 3. The lowest BCUT2D eigenvalue weighted by molar-refractivity contribution is 0.136. The van der Waals surface area contributed by atoms with Crippen molar-refractivity contribution in [3.8, 4) is 0 Å². The Bertz CT molecular complexity index is 420. The van der Waals surface area contributed by atoms with Gasteiger partial charge in [0.1, 0.15) is 0 Å². The number of hydrogen-bond donors (Lipinski definition) is 2. The minimum atomic E-state index is -0.253. The summed E-state index contributed by atoms with van der Waals surface area (Å²) < 4.78 is 0. The second-order valence-electron chi connectivity index (χ2n) is 5.23. The van der Waals surface area contributed by atoms with Crippen LogP contribution in [-0.2, 0) is 0 Å². The zero-order valence-corrected chi connectivity index (χ0v) is 11.7. The SMILES string of the molecule is CC(N)c1ccc(N2CCC(C(C)O)C2)c(Cl)c1. The first kappa shape index (κ1) is 13.7. The van der Waals surface area contributed by atoms with Gasteiger partial charge < -0.3 is 15.7 Å². The predicted molar refractivity (Wildman–Crippen MR) is 76.1 cm³/mol. The molecule has 1 aliphatic heterocycles. The van der Waals surface area contributed by atoms with Gasteiger partial charge in [-0.2, -0.15) is 0 Å². The minimum absolute atomic E-state index is 0.000315. The van der Waals surface area contributed by atoms with Crippen molar-refractivity contribution in [3.63, 3.8) is 0 Å². The number of aliphatic hydroxyl groups is 1. The van der Waals surface area contributed by atoms with E-state index in [2.05, 4.69) is 4.90 Å². The molecule has 1 aliphatic rings. The van der Waals surface area contributed by atoms with Crippen LogP contribution in [-0.4, -0.2) is 24.3 Å². The molecule has 1 heterocycles. The van der Waals surface area contributed by atoms with Crippen molar-refractivity contribution in [2.75, 3.05) is 18.0 Å². The fourth-order valence-electron chi connectivity index (χ4n) is 2.46. The van der Waals surface area contributed by atoms with E-state index in [0.717, 1.165) is 35.8 Å². The molecule has 0 aromatic heterocycles. The maximum Gasteiger partial charge on any atom is 0.0642 e. The molecular formula is C14H21ClN2O. The van der Waals surface area contributed by atoms with Gasteiger partial charge in [0.05, 0.1) is 16.8 Å². The van der Waals surface area contributed by atoms with Crippen LogP contribution in [0, 0.1) is 5.92 Å². The van der Waals surface area contributed by atoms with Gasteiger partial charge in [-0.3, -0.25) is 0 Å². The van der Waals surface area contributed by atoms with E-state index in [-0.39, 0.29) is 12.1 Å². The topological polar surface area (TPSA) is 49.5 Å². The van der Waals surface area contributed by atoms with Crippen LogP contribution in [0.1, 0.15) is 31.9 Å². The standard InChI is InChI=1S/C14H21ClN2O/c1-9(16)11-3-4-14(13(15)7-11)17-6-5-12(8-17)10(2)18/h3-4,7,9-10,12,18H,5-6,8,16H2,1-2H3. The molecule has 1 aromatic carbocycles.